The topological polar surface area (TPSA) is 169 Å². The maximum Gasteiger partial charge on any atom is 0.252 e. The van der Waals surface area contributed by atoms with Crippen molar-refractivity contribution < 1.29 is 24.9 Å². The third-order valence-corrected chi connectivity index (χ3v) is 6.23. The number of aliphatic hydroxyl groups is 3. The summed E-state index contributed by atoms with van der Waals surface area (Å²) in [7, 11) is 0. The number of imidazole rings is 1. The van der Waals surface area contributed by atoms with Crippen LogP contribution in [0.5, 0.6) is 0 Å². The predicted molar refractivity (Wildman–Crippen MR) is 112 cm³/mol. The molecule has 3 fully saturated rings. The molecule has 0 radical (unpaired) electrons. The van der Waals surface area contributed by atoms with Crippen LogP contribution < -0.4 is 11.1 Å². The number of nitrogens with two attached hydrogens (primary N) is 1. The number of nitrogens with one attached hydrogen (secondary N) is 1. The number of fused-ring (bicyclic) bond motifs is 1. The molecule has 1 aliphatic heterocycles. The average molecular weight is 442 g/mol. The lowest BCUT2D eigenvalue weighted by Crippen LogP contribution is -2.43. The van der Waals surface area contributed by atoms with Gasteiger partial charge in [-0.3, -0.25) is 9.36 Å². The Hall–Kier alpha value is -2.78. The Kier molecular flexibility index (Phi) is 5.25. The molecule has 0 aromatic carbocycles. The lowest BCUT2D eigenvalue weighted by molar-refractivity contribution is -0.137. The van der Waals surface area contributed by atoms with E-state index in [0.717, 1.165) is 32.1 Å². The minimum absolute atomic E-state index is 0.0877. The number of aliphatic hydroxyl groups excluding tert-OH is 2. The summed E-state index contributed by atoms with van der Waals surface area (Å²) in [6, 6.07) is 0.0937. The first-order valence-corrected chi connectivity index (χ1v) is 10.9. The van der Waals surface area contributed by atoms with E-state index in [2.05, 4.69) is 32.1 Å². The molecule has 0 bridgehead atoms. The van der Waals surface area contributed by atoms with E-state index < -0.39 is 36.0 Å². The lowest BCUT2D eigenvalue weighted by Gasteiger charge is -2.26. The molecule has 1 unspecified atom stereocenters. The fourth-order valence-electron chi connectivity index (χ4n) is 4.23. The number of carbonyl (C=O) groups excluding carboxylic acids is 1. The van der Waals surface area contributed by atoms with Crippen molar-refractivity contribution in [2.24, 2.45) is 0 Å². The zero-order valence-corrected chi connectivity index (χ0v) is 17.4. The zero-order chi connectivity index (χ0) is 22.5. The summed E-state index contributed by atoms with van der Waals surface area (Å²) in [5.41, 5.74) is 5.50. The molecule has 1 amide bonds. The Balaban J connectivity index is 1.44. The van der Waals surface area contributed by atoms with Crippen molar-refractivity contribution in [2.45, 2.75) is 81.1 Å². The Bertz CT molecular complexity index is 1100. The number of hydrogen-bond donors (Lipinski definition) is 5. The minimum atomic E-state index is -1.41. The highest BCUT2D eigenvalue weighted by molar-refractivity contribution is 5.83. The molecular weight excluding hydrogens is 416 g/mol. The Morgan fingerprint density at radius 2 is 1.97 bits per heavy atom. The SMILES string of the molecule is Nc1nc(C#CC2(O)CCCCC2)nc2c1ncn2[C@@H]1O[C@H](C(=O)NC2CC2)C(O)[C@@H]1O. The first-order chi connectivity index (χ1) is 15.3. The molecule has 11 heteroatoms. The van der Waals surface area contributed by atoms with Gasteiger partial charge in [0.2, 0.25) is 5.82 Å². The molecule has 170 valence electrons. The smallest absolute Gasteiger partial charge is 0.252 e. The van der Waals surface area contributed by atoms with Gasteiger partial charge in [0.15, 0.2) is 23.8 Å². The molecule has 2 aliphatic carbocycles. The van der Waals surface area contributed by atoms with E-state index in [1.807, 2.05) is 0 Å². The van der Waals surface area contributed by atoms with Crippen molar-refractivity contribution in [1.29, 1.82) is 0 Å². The van der Waals surface area contributed by atoms with Gasteiger partial charge in [0.25, 0.3) is 5.91 Å². The summed E-state index contributed by atoms with van der Waals surface area (Å²) in [6.45, 7) is 0. The second-order valence-corrected chi connectivity index (χ2v) is 8.81. The molecule has 0 spiro atoms. The van der Waals surface area contributed by atoms with Crippen molar-refractivity contribution in [3.05, 3.63) is 12.2 Å². The Morgan fingerprint density at radius 1 is 1.22 bits per heavy atom. The standard InChI is InChI=1S/C21H26N6O5/c22-17-13-18(26-12(25-17)6-9-21(31)7-2-1-3-8-21)27(10-23-13)20-15(29)14(28)16(32-20)19(30)24-11-4-5-11/h10-11,14-16,20,28-29,31H,1-5,7-8H2,(H,24,30)(H2,22,25,26)/t14?,15-,16-,20+/m0/s1. The molecule has 6 N–H and O–H groups in total. The van der Waals surface area contributed by atoms with Crippen molar-refractivity contribution in [1.82, 2.24) is 24.8 Å². The summed E-state index contributed by atoms with van der Waals surface area (Å²) >= 11 is 0. The number of hydrogen-bond acceptors (Lipinski definition) is 9. The van der Waals surface area contributed by atoms with Gasteiger partial charge in [0, 0.05) is 6.04 Å². The van der Waals surface area contributed by atoms with E-state index in [1.54, 1.807) is 0 Å². The maximum absolute atomic E-state index is 12.4. The van der Waals surface area contributed by atoms with Crippen LogP contribution >= 0.6 is 0 Å². The Morgan fingerprint density at radius 3 is 2.69 bits per heavy atom. The van der Waals surface area contributed by atoms with Crippen molar-refractivity contribution >= 4 is 22.9 Å². The van der Waals surface area contributed by atoms with Crippen molar-refractivity contribution in [3.63, 3.8) is 0 Å². The van der Waals surface area contributed by atoms with Gasteiger partial charge in [-0.15, -0.1) is 0 Å². The fraction of sp³-hybridized carbons (Fsp3) is 0.619. The van der Waals surface area contributed by atoms with Crippen LogP contribution in [0.4, 0.5) is 5.82 Å². The first kappa shape index (κ1) is 21.1. The summed E-state index contributed by atoms with van der Waals surface area (Å²) in [4.78, 5) is 25.1. The van der Waals surface area contributed by atoms with Gasteiger partial charge in [-0.2, -0.15) is 0 Å². The lowest BCUT2D eigenvalue weighted by atomic mass is 9.85. The third-order valence-electron chi connectivity index (χ3n) is 6.23. The number of anilines is 1. The highest BCUT2D eigenvalue weighted by atomic mass is 16.6. The molecule has 11 nitrogen and oxygen atoms in total. The maximum atomic E-state index is 12.4. The average Bonchev–Trinajstić information content (AvgIpc) is 3.40. The molecule has 3 heterocycles. The van der Waals surface area contributed by atoms with Gasteiger partial charge in [0.1, 0.15) is 23.3 Å². The number of rotatable bonds is 3. The number of nitrogens with zero attached hydrogens (tertiary/aromatic N) is 4. The van der Waals surface area contributed by atoms with Crippen LogP contribution in [0.3, 0.4) is 0 Å². The van der Waals surface area contributed by atoms with E-state index in [-0.39, 0.29) is 28.8 Å². The molecule has 2 saturated carbocycles. The molecule has 5 rings (SSSR count). The van der Waals surface area contributed by atoms with Crippen LogP contribution in [0, 0.1) is 11.8 Å². The predicted octanol–water partition coefficient (Wildman–Crippen LogP) is -0.647. The first-order valence-electron chi connectivity index (χ1n) is 10.9. The molecule has 2 aromatic rings. The molecule has 1 saturated heterocycles. The van der Waals surface area contributed by atoms with Crippen molar-refractivity contribution in [3.8, 4) is 11.8 Å². The largest absolute Gasteiger partial charge is 0.387 e. The van der Waals surface area contributed by atoms with Crippen LogP contribution in [0.1, 0.15) is 57.0 Å². The Labute approximate surface area is 184 Å². The van der Waals surface area contributed by atoms with Crippen LogP contribution in [0.25, 0.3) is 11.2 Å². The zero-order valence-electron chi connectivity index (χ0n) is 17.4. The minimum Gasteiger partial charge on any atom is -0.387 e. The van der Waals surface area contributed by atoms with E-state index in [1.165, 1.54) is 10.9 Å². The monoisotopic (exact) mass is 442 g/mol. The summed E-state index contributed by atoms with van der Waals surface area (Å²) < 4.78 is 7.12. The second kappa shape index (κ2) is 7.97. The van der Waals surface area contributed by atoms with Crippen LogP contribution in [-0.4, -0.2) is 70.7 Å². The van der Waals surface area contributed by atoms with E-state index in [4.69, 9.17) is 10.5 Å². The normalized spacial score (nSPS) is 29.5. The molecule has 32 heavy (non-hydrogen) atoms. The van der Waals surface area contributed by atoms with Gasteiger partial charge < -0.3 is 31.1 Å². The number of ether oxygens (including phenoxy) is 1. The molecule has 4 atom stereocenters. The van der Waals surface area contributed by atoms with Crippen LogP contribution in [0.15, 0.2) is 6.33 Å². The van der Waals surface area contributed by atoms with E-state index in [9.17, 15) is 20.1 Å². The molecular formula is C21H26N6O5. The highest BCUT2D eigenvalue weighted by Gasteiger charge is 2.48. The number of amides is 1. The number of nitrogen functional groups attached to an aromatic ring is 1. The van der Waals surface area contributed by atoms with Gasteiger partial charge in [0.05, 0.1) is 6.33 Å². The van der Waals surface area contributed by atoms with Crippen molar-refractivity contribution in [2.75, 3.05) is 5.73 Å². The van der Waals surface area contributed by atoms with Crippen LogP contribution in [0.2, 0.25) is 0 Å². The van der Waals surface area contributed by atoms with Crippen LogP contribution in [-0.2, 0) is 9.53 Å². The van der Waals surface area contributed by atoms with Gasteiger partial charge >= 0.3 is 0 Å². The van der Waals surface area contributed by atoms with Gasteiger partial charge in [-0.05, 0) is 44.4 Å². The van der Waals surface area contributed by atoms with E-state index in [0.29, 0.717) is 12.8 Å². The highest BCUT2D eigenvalue weighted by Crippen LogP contribution is 2.33. The molecule has 3 aliphatic rings. The quantitative estimate of drug-likeness (QED) is 0.388. The molecule has 2 aromatic heterocycles. The number of aromatic nitrogens is 4. The van der Waals surface area contributed by atoms with Gasteiger partial charge in [-0.1, -0.05) is 12.3 Å². The summed E-state index contributed by atoms with van der Waals surface area (Å²) in [5, 5.41) is 34.3. The fourth-order valence-corrected chi connectivity index (χ4v) is 4.23. The summed E-state index contributed by atoms with van der Waals surface area (Å²) in [6.07, 6.45) is 2.14. The summed E-state index contributed by atoms with van der Waals surface area (Å²) in [5.74, 6) is 5.41. The van der Waals surface area contributed by atoms with Gasteiger partial charge in [-0.25, -0.2) is 15.0 Å². The third kappa shape index (κ3) is 3.91. The number of carbonyl (C=O) groups is 1. The second-order valence-electron chi connectivity index (χ2n) is 8.81. The van der Waals surface area contributed by atoms with E-state index >= 15 is 0 Å².